The van der Waals surface area contributed by atoms with Gasteiger partial charge in [0.25, 0.3) is 0 Å². The van der Waals surface area contributed by atoms with Crippen LogP contribution >= 0.6 is 11.5 Å². The predicted molar refractivity (Wildman–Crippen MR) is 68.9 cm³/mol. The van der Waals surface area contributed by atoms with Gasteiger partial charge in [0.05, 0.1) is 0 Å². The Bertz CT molecular complexity index is 357. The molecule has 16 heavy (non-hydrogen) atoms. The molecule has 0 aromatic carbocycles. The minimum atomic E-state index is 0.920. The van der Waals surface area contributed by atoms with Crippen molar-refractivity contribution in [2.24, 2.45) is 0 Å². The molecule has 2 rings (SSSR count). The summed E-state index contributed by atoms with van der Waals surface area (Å²) in [6.07, 6.45) is 9.77. The fraction of sp³-hybridized carbons (Fsp3) is 0.667. The normalized spacial score (nSPS) is 15.9. The molecule has 0 bridgehead atoms. The van der Waals surface area contributed by atoms with Crippen LogP contribution in [0.5, 0.6) is 0 Å². The summed E-state index contributed by atoms with van der Waals surface area (Å²) in [5, 5.41) is 4.32. The van der Waals surface area contributed by atoms with E-state index in [-0.39, 0.29) is 0 Å². The summed E-state index contributed by atoms with van der Waals surface area (Å²) in [4.78, 5) is 4.39. The molecule has 0 atom stereocenters. The first-order valence-corrected chi connectivity index (χ1v) is 6.90. The van der Waals surface area contributed by atoms with Gasteiger partial charge in [-0.2, -0.15) is 4.37 Å². The maximum atomic E-state index is 4.39. The number of hydrogen-bond acceptors (Lipinski definition) is 4. The topological polar surface area (TPSA) is 37.8 Å². The van der Waals surface area contributed by atoms with E-state index in [0.29, 0.717) is 0 Å². The maximum absolute atomic E-state index is 4.39. The highest BCUT2D eigenvalue weighted by Gasteiger charge is 2.04. The molecule has 0 amide bonds. The lowest BCUT2D eigenvalue weighted by Crippen LogP contribution is -2.04. The molecule has 0 unspecified atom stereocenters. The minimum absolute atomic E-state index is 0.920. The van der Waals surface area contributed by atoms with E-state index < -0.39 is 0 Å². The van der Waals surface area contributed by atoms with Crippen LogP contribution in [0, 0.1) is 0 Å². The summed E-state index contributed by atoms with van der Waals surface area (Å²) in [6.45, 7) is 3.07. The number of nitrogens with one attached hydrogen (secondary N) is 1. The summed E-state index contributed by atoms with van der Waals surface area (Å²) in [5.41, 5.74) is 1.61. The van der Waals surface area contributed by atoms with Gasteiger partial charge in [-0.1, -0.05) is 18.6 Å². The predicted octanol–water partition coefficient (Wildman–Crippen LogP) is 3.40. The highest BCUT2D eigenvalue weighted by molar-refractivity contribution is 7.09. The summed E-state index contributed by atoms with van der Waals surface area (Å²) in [6, 6.07) is 0. The number of aromatic nitrogens is 2. The highest BCUT2D eigenvalue weighted by Crippen LogP contribution is 2.20. The molecule has 1 heterocycles. The molecule has 1 aliphatic carbocycles. The van der Waals surface area contributed by atoms with E-state index >= 15 is 0 Å². The summed E-state index contributed by atoms with van der Waals surface area (Å²) in [5.74, 6) is 0.949. The van der Waals surface area contributed by atoms with Crippen molar-refractivity contribution >= 4 is 16.7 Å². The van der Waals surface area contributed by atoms with E-state index in [0.717, 1.165) is 30.3 Å². The monoisotopic (exact) mass is 237 g/mol. The van der Waals surface area contributed by atoms with Crippen LogP contribution in [0.25, 0.3) is 0 Å². The molecule has 0 saturated heterocycles. The van der Waals surface area contributed by atoms with Gasteiger partial charge in [0.15, 0.2) is 0 Å². The second-order valence-electron chi connectivity index (χ2n) is 4.15. The average Bonchev–Trinajstić information content (AvgIpc) is 2.78. The zero-order chi connectivity index (χ0) is 11.2. The van der Waals surface area contributed by atoms with Gasteiger partial charge < -0.3 is 5.32 Å². The third-order valence-corrected chi connectivity index (χ3v) is 3.60. The van der Waals surface area contributed by atoms with E-state index in [9.17, 15) is 0 Å². The molecular weight excluding hydrogens is 218 g/mol. The second-order valence-corrected chi connectivity index (χ2v) is 4.91. The summed E-state index contributed by atoms with van der Waals surface area (Å²) in [7, 11) is 0. The first kappa shape index (κ1) is 11.6. The van der Waals surface area contributed by atoms with Crippen LogP contribution in [-0.2, 0) is 6.42 Å². The molecule has 1 aliphatic rings. The minimum Gasteiger partial charge on any atom is -0.360 e. The Labute approximate surface area is 101 Å². The van der Waals surface area contributed by atoms with E-state index in [1.165, 1.54) is 37.2 Å². The average molecular weight is 237 g/mol. The van der Waals surface area contributed by atoms with Crippen molar-refractivity contribution in [3.8, 4) is 0 Å². The molecule has 0 fully saturated rings. The van der Waals surface area contributed by atoms with Crippen molar-refractivity contribution in [2.75, 3.05) is 11.9 Å². The molecule has 0 saturated carbocycles. The van der Waals surface area contributed by atoms with Gasteiger partial charge in [-0.15, -0.1) is 0 Å². The van der Waals surface area contributed by atoms with E-state index in [4.69, 9.17) is 0 Å². The van der Waals surface area contributed by atoms with Crippen LogP contribution in [0.4, 0.5) is 5.13 Å². The van der Waals surface area contributed by atoms with Crippen LogP contribution in [-0.4, -0.2) is 15.9 Å². The van der Waals surface area contributed by atoms with Crippen molar-refractivity contribution in [1.82, 2.24) is 9.36 Å². The molecule has 4 heteroatoms. The van der Waals surface area contributed by atoms with Crippen molar-refractivity contribution < 1.29 is 0 Å². The fourth-order valence-electron chi connectivity index (χ4n) is 1.93. The van der Waals surface area contributed by atoms with Crippen LogP contribution < -0.4 is 5.32 Å². The SMILES string of the molecule is CCc1nsc(NCCC2=CCCCC2)n1. The molecule has 1 aromatic rings. The van der Waals surface area contributed by atoms with Crippen LogP contribution in [0.3, 0.4) is 0 Å². The number of rotatable bonds is 5. The second kappa shape index (κ2) is 5.99. The van der Waals surface area contributed by atoms with E-state index in [2.05, 4.69) is 27.7 Å². The number of allylic oxidation sites excluding steroid dienone is 1. The summed E-state index contributed by atoms with van der Waals surface area (Å²) < 4.78 is 4.25. The highest BCUT2D eigenvalue weighted by atomic mass is 32.1. The number of hydrogen-bond donors (Lipinski definition) is 1. The zero-order valence-electron chi connectivity index (χ0n) is 9.83. The van der Waals surface area contributed by atoms with Crippen molar-refractivity contribution in [2.45, 2.75) is 45.4 Å². The Morgan fingerprint density at radius 2 is 2.38 bits per heavy atom. The van der Waals surface area contributed by atoms with Crippen LogP contribution in [0.15, 0.2) is 11.6 Å². The van der Waals surface area contributed by atoms with Gasteiger partial charge in [0, 0.05) is 24.5 Å². The lowest BCUT2D eigenvalue weighted by molar-refractivity contribution is 0.679. The van der Waals surface area contributed by atoms with Gasteiger partial charge in [-0.25, -0.2) is 4.98 Å². The fourth-order valence-corrected chi connectivity index (χ4v) is 2.61. The first-order valence-electron chi connectivity index (χ1n) is 6.13. The Morgan fingerprint density at radius 3 is 3.06 bits per heavy atom. The molecule has 0 spiro atoms. The van der Waals surface area contributed by atoms with Gasteiger partial charge in [0.1, 0.15) is 5.82 Å². The van der Waals surface area contributed by atoms with Crippen LogP contribution in [0.1, 0.15) is 44.9 Å². The third-order valence-electron chi connectivity index (χ3n) is 2.89. The van der Waals surface area contributed by atoms with Crippen molar-refractivity contribution in [3.63, 3.8) is 0 Å². The largest absolute Gasteiger partial charge is 0.360 e. The maximum Gasteiger partial charge on any atom is 0.202 e. The standard InChI is InChI=1S/C12H19N3S/c1-2-11-14-12(16-15-11)13-9-8-10-6-4-3-5-7-10/h6H,2-5,7-9H2,1H3,(H,13,14,15). The third kappa shape index (κ3) is 3.30. The van der Waals surface area contributed by atoms with Gasteiger partial charge in [-0.05, 0) is 32.1 Å². The van der Waals surface area contributed by atoms with Gasteiger partial charge in [0.2, 0.25) is 5.13 Å². The molecule has 0 radical (unpaired) electrons. The Hall–Kier alpha value is -0.900. The molecular formula is C12H19N3S. The van der Waals surface area contributed by atoms with Gasteiger partial charge >= 0.3 is 0 Å². The Morgan fingerprint density at radius 1 is 1.44 bits per heavy atom. The van der Waals surface area contributed by atoms with Crippen molar-refractivity contribution in [1.29, 1.82) is 0 Å². The summed E-state index contributed by atoms with van der Waals surface area (Å²) >= 11 is 1.47. The van der Waals surface area contributed by atoms with Gasteiger partial charge in [-0.3, -0.25) is 0 Å². The number of anilines is 1. The Kier molecular flexibility index (Phi) is 4.34. The zero-order valence-corrected chi connectivity index (χ0v) is 10.6. The molecule has 0 aliphatic heterocycles. The van der Waals surface area contributed by atoms with E-state index in [1.54, 1.807) is 5.57 Å². The smallest absolute Gasteiger partial charge is 0.202 e. The van der Waals surface area contributed by atoms with Crippen LogP contribution in [0.2, 0.25) is 0 Å². The van der Waals surface area contributed by atoms with Crippen molar-refractivity contribution in [3.05, 3.63) is 17.5 Å². The van der Waals surface area contributed by atoms with E-state index in [1.807, 2.05) is 0 Å². The molecule has 1 N–H and O–H groups in total. The lowest BCUT2D eigenvalue weighted by Gasteiger charge is -2.12. The Balaban J connectivity index is 1.73. The molecule has 88 valence electrons. The quantitative estimate of drug-likeness (QED) is 0.798. The molecule has 1 aromatic heterocycles. The number of nitrogens with zero attached hydrogens (tertiary/aromatic N) is 2. The first-order chi connectivity index (χ1) is 7.88. The lowest BCUT2D eigenvalue weighted by atomic mass is 9.97. The number of aryl methyl sites for hydroxylation is 1. The molecule has 3 nitrogen and oxygen atoms in total.